The molecule has 0 unspecified atom stereocenters. The van der Waals surface area contributed by atoms with Crippen LogP contribution in [0.2, 0.25) is 10.0 Å². The Bertz CT molecular complexity index is 710. The molecule has 0 saturated heterocycles. The van der Waals surface area contributed by atoms with E-state index in [4.69, 9.17) is 23.2 Å². The summed E-state index contributed by atoms with van der Waals surface area (Å²) in [6.07, 6.45) is 1.79. The lowest BCUT2D eigenvalue weighted by Crippen LogP contribution is -2.20. The first kappa shape index (κ1) is 16.5. The first-order valence-corrected chi connectivity index (χ1v) is 7.49. The molecule has 0 atom stereocenters. The van der Waals surface area contributed by atoms with E-state index in [1.165, 1.54) is 6.21 Å². The molecule has 2 aromatic rings. The standard InChI is InChI=1S/C15H16Cl2N4O/c1-10-7-11(2)21(20-10)6-5-15(22)19-18-9-12-3-4-13(16)8-14(12)17/h3-4,7-9H,5-6H2,1-2H3,(H,19,22). The molecule has 5 nitrogen and oxygen atoms in total. The van der Waals surface area contributed by atoms with Gasteiger partial charge in [-0.3, -0.25) is 9.48 Å². The molecule has 0 aliphatic rings. The third-order valence-electron chi connectivity index (χ3n) is 3.01. The largest absolute Gasteiger partial charge is 0.273 e. The normalized spacial score (nSPS) is 11.1. The number of amides is 1. The Balaban J connectivity index is 1.85. The smallest absolute Gasteiger partial charge is 0.241 e. The summed E-state index contributed by atoms with van der Waals surface area (Å²) in [6.45, 7) is 4.39. The topological polar surface area (TPSA) is 59.3 Å². The third-order valence-corrected chi connectivity index (χ3v) is 3.57. The minimum atomic E-state index is -0.186. The maximum absolute atomic E-state index is 11.7. The fourth-order valence-corrected chi connectivity index (χ4v) is 2.40. The van der Waals surface area contributed by atoms with Crippen LogP contribution < -0.4 is 5.43 Å². The molecule has 1 aromatic heterocycles. The second-order valence-electron chi connectivity index (χ2n) is 4.86. The number of aryl methyl sites for hydroxylation is 3. The van der Waals surface area contributed by atoms with Crippen molar-refractivity contribution in [3.63, 3.8) is 0 Å². The Morgan fingerprint density at radius 2 is 2.14 bits per heavy atom. The summed E-state index contributed by atoms with van der Waals surface area (Å²) < 4.78 is 1.80. The molecule has 7 heteroatoms. The van der Waals surface area contributed by atoms with Crippen LogP contribution in [0.4, 0.5) is 0 Å². The van der Waals surface area contributed by atoms with Gasteiger partial charge in [0.05, 0.1) is 23.5 Å². The summed E-state index contributed by atoms with van der Waals surface area (Å²) >= 11 is 11.8. The summed E-state index contributed by atoms with van der Waals surface area (Å²) in [7, 11) is 0. The number of aromatic nitrogens is 2. The van der Waals surface area contributed by atoms with Crippen LogP contribution in [-0.2, 0) is 11.3 Å². The van der Waals surface area contributed by atoms with Gasteiger partial charge in [-0.1, -0.05) is 29.3 Å². The number of carbonyl (C=O) groups is 1. The van der Waals surface area contributed by atoms with Crippen LogP contribution in [0, 0.1) is 13.8 Å². The molecule has 1 amide bonds. The van der Waals surface area contributed by atoms with Crippen molar-refractivity contribution >= 4 is 35.3 Å². The maximum atomic E-state index is 11.7. The fourth-order valence-electron chi connectivity index (χ4n) is 1.94. The molecule has 1 aromatic carbocycles. The number of benzene rings is 1. The van der Waals surface area contributed by atoms with Gasteiger partial charge in [0.25, 0.3) is 0 Å². The molecule has 0 aliphatic carbocycles. The first-order valence-electron chi connectivity index (χ1n) is 6.73. The van der Waals surface area contributed by atoms with Gasteiger partial charge < -0.3 is 0 Å². The van der Waals surface area contributed by atoms with E-state index in [0.717, 1.165) is 11.4 Å². The zero-order valence-electron chi connectivity index (χ0n) is 12.3. The molecule has 116 valence electrons. The minimum absolute atomic E-state index is 0.186. The minimum Gasteiger partial charge on any atom is -0.273 e. The van der Waals surface area contributed by atoms with Gasteiger partial charge in [-0.25, -0.2) is 5.43 Å². The van der Waals surface area contributed by atoms with Crippen LogP contribution in [-0.4, -0.2) is 21.9 Å². The number of nitrogens with one attached hydrogen (secondary N) is 1. The van der Waals surface area contributed by atoms with Crippen molar-refractivity contribution in [2.45, 2.75) is 26.8 Å². The highest BCUT2D eigenvalue weighted by Crippen LogP contribution is 2.19. The van der Waals surface area contributed by atoms with Gasteiger partial charge in [0.2, 0.25) is 5.91 Å². The third kappa shape index (κ3) is 4.58. The number of halogens is 2. The second kappa shape index (κ2) is 7.42. The molecule has 22 heavy (non-hydrogen) atoms. The van der Waals surface area contributed by atoms with E-state index in [1.807, 2.05) is 19.9 Å². The van der Waals surface area contributed by atoms with Crippen molar-refractivity contribution in [2.24, 2.45) is 5.10 Å². The molecular weight excluding hydrogens is 323 g/mol. The Kier molecular flexibility index (Phi) is 5.57. The highest BCUT2D eigenvalue weighted by Gasteiger charge is 2.04. The van der Waals surface area contributed by atoms with E-state index in [-0.39, 0.29) is 5.91 Å². The van der Waals surface area contributed by atoms with Crippen molar-refractivity contribution in [3.05, 3.63) is 51.3 Å². The summed E-state index contributed by atoms with van der Waals surface area (Å²) in [5, 5.41) is 9.22. The van der Waals surface area contributed by atoms with Crippen LogP contribution in [0.25, 0.3) is 0 Å². The molecule has 2 rings (SSSR count). The zero-order valence-corrected chi connectivity index (χ0v) is 13.8. The van der Waals surface area contributed by atoms with E-state index in [9.17, 15) is 4.79 Å². The summed E-state index contributed by atoms with van der Waals surface area (Å²) in [4.78, 5) is 11.7. The molecule has 0 radical (unpaired) electrons. The highest BCUT2D eigenvalue weighted by atomic mass is 35.5. The molecule has 1 N–H and O–H groups in total. The van der Waals surface area contributed by atoms with Gasteiger partial charge in [0, 0.05) is 22.7 Å². The monoisotopic (exact) mass is 338 g/mol. The van der Waals surface area contributed by atoms with Crippen LogP contribution in [0.15, 0.2) is 29.4 Å². The number of hydrogen-bond donors (Lipinski definition) is 1. The average Bonchev–Trinajstić information content (AvgIpc) is 2.77. The molecule has 0 bridgehead atoms. The van der Waals surface area contributed by atoms with Crippen LogP contribution >= 0.6 is 23.2 Å². The van der Waals surface area contributed by atoms with Gasteiger partial charge in [0.15, 0.2) is 0 Å². The van der Waals surface area contributed by atoms with Crippen LogP contribution in [0.5, 0.6) is 0 Å². The lowest BCUT2D eigenvalue weighted by atomic mass is 10.2. The Hall–Kier alpha value is -1.85. The van der Waals surface area contributed by atoms with E-state index in [2.05, 4.69) is 15.6 Å². The average molecular weight is 339 g/mol. The predicted octanol–water partition coefficient (Wildman–Crippen LogP) is 3.35. The summed E-state index contributed by atoms with van der Waals surface area (Å²) in [6, 6.07) is 7.03. The molecule has 0 aliphatic heterocycles. The second-order valence-corrected chi connectivity index (χ2v) is 5.70. The highest BCUT2D eigenvalue weighted by molar-refractivity contribution is 6.36. The van der Waals surface area contributed by atoms with Gasteiger partial charge in [-0.05, 0) is 32.0 Å². The van der Waals surface area contributed by atoms with Crippen molar-refractivity contribution in [1.29, 1.82) is 0 Å². The molecule has 0 fully saturated rings. The molecule has 1 heterocycles. The Morgan fingerprint density at radius 1 is 1.36 bits per heavy atom. The molecular formula is C15H16Cl2N4O. The molecule has 0 spiro atoms. The van der Waals surface area contributed by atoms with E-state index >= 15 is 0 Å². The van der Waals surface area contributed by atoms with Gasteiger partial charge in [-0.2, -0.15) is 10.2 Å². The van der Waals surface area contributed by atoms with Crippen molar-refractivity contribution < 1.29 is 4.79 Å². The number of hydrogen-bond acceptors (Lipinski definition) is 3. The van der Waals surface area contributed by atoms with Gasteiger partial charge in [-0.15, -0.1) is 0 Å². The van der Waals surface area contributed by atoms with Crippen molar-refractivity contribution in [1.82, 2.24) is 15.2 Å². The van der Waals surface area contributed by atoms with E-state index < -0.39 is 0 Å². The number of carbonyl (C=O) groups excluding carboxylic acids is 1. The lowest BCUT2D eigenvalue weighted by Gasteiger charge is -2.03. The van der Waals surface area contributed by atoms with E-state index in [1.54, 1.807) is 22.9 Å². The number of rotatable bonds is 5. The summed E-state index contributed by atoms with van der Waals surface area (Å²) in [5.41, 5.74) is 5.12. The number of nitrogens with zero attached hydrogens (tertiary/aromatic N) is 3. The Labute approximate surface area is 138 Å². The van der Waals surface area contributed by atoms with Crippen LogP contribution in [0.3, 0.4) is 0 Å². The Morgan fingerprint density at radius 3 is 2.77 bits per heavy atom. The van der Waals surface area contributed by atoms with Gasteiger partial charge in [0.1, 0.15) is 0 Å². The number of hydrazone groups is 1. The van der Waals surface area contributed by atoms with Crippen LogP contribution in [0.1, 0.15) is 23.4 Å². The lowest BCUT2D eigenvalue weighted by molar-refractivity contribution is -0.121. The van der Waals surface area contributed by atoms with Crippen molar-refractivity contribution in [2.75, 3.05) is 0 Å². The fraction of sp³-hybridized carbons (Fsp3) is 0.267. The SMILES string of the molecule is Cc1cc(C)n(CCC(=O)NN=Cc2ccc(Cl)cc2Cl)n1. The summed E-state index contributed by atoms with van der Waals surface area (Å²) in [5.74, 6) is -0.186. The predicted molar refractivity (Wildman–Crippen MR) is 88.5 cm³/mol. The quantitative estimate of drug-likeness (QED) is 0.671. The van der Waals surface area contributed by atoms with Gasteiger partial charge >= 0.3 is 0 Å². The first-order chi connectivity index (χ1) is 10.5. The van der Waals surface area contributed by atoms with E-state index in [0.29, 0.717) is 28.6 Å². The van der Waals surface area contributed by atoms with Crippen molar-refractivity contribution in [3.8, 4) is 0 Å². The molecule has 0 saturated carbocycles. The maximum Gasteiger partial charge on any atom is 0.241 e. The zero-order chi connectivity index (χ0) is 16.1.